The summed E-state index contributed by atoms with van der Waals surface area (Å²) in [4.78, 5) is 0.907. The minimum absolute atomic E-state index is 0.270. The maximum Gasteiger partial charge on any atom is 0.127 e. The summed E-state index contributed by atoms with van der Waals surface area (Å²) < 4.78 is 5.77. The van der Waals surface area contributed by atoms with E-state index in [9.17, 15) is 5.11 Å². The van der Waals surface area contributed by atoms with Gasteiger partial charge in [-0.05, 0) is 59.7 Å². The largest absolute Gasteiger partial charge is 0.508 e. The zero-order chi connectivity index (χ0) is 14.7. The van der Waals surface area contributed by atoms with Gasteiger partial charge in [-0.25, -0.2) is 0 Å². The van der Waals surface area contributed by atoms with Crippen molar-refractivity contribution < 1.29 is 9.84 Å². The molecule has 0 atom stereocenters. The van der Waals surface area contributed by atoms with Crippen molar-refractivity contribution in [3.05, 3.63) is 72.8 Å². The Morgan fingerprint density at radius 1 is 0.619 bits per heavy atom. The van der Waals surface area contributed by atoms with Crippen molar-refractivity contribution >= 4 is 12.6 Å². The molecule has 0 aliphatic heterocycles. The van der Waals surface area contributed by atoms with Gasteiger partial charge in [0.1, 0.15) is 17.2 Å². The molecule has 0 saturated heterocycles. The molecule has 0 fully saturated rings. The van der Waals surface area contributed by atoms with Gasteiger partial charge in [0.05, 0.1) is 0 Å². The monoisotopic (exact) mass is 294 g/mol. The second-order valence-corrected chi connectivity index (χ2v) is 5.18. The smallest absolute Gasteiger partial charge is 0.127 e. The quantitative estimate of drug-likeness (QED) is 0.655. The van der Waals surface area contributed by atoms with Gasteiger partial charge < -0.3 is 9.84 Å². The fourth-order valence-electron chi connectivity index (χ4n) is 2.02. The van der Waals surface area contributed by atoms with Crippen molar-refractivity contribution in [2.75, 3.05) is 0 Å². The Kier molecular flexibility index (Phi) is 3.84. The van der Waals surface area contributed by atoms with Gasteiger partial charge in [0, 0.05) is 4.90 Å². The van der Waals surface area contributed by atoms with E-state index in [1.165, 1.54) is 0 Å². The molecule has 0 aromatic heterocycles. The summed E-state index contributed by atoms with van der Waals surface area (Å²) >= 11 is 4.25. The predicted molar refractivity (Wildman–Crippen MR) is 87.3 cm³/mol. The van der Waals surface area contributed by atoms with Crippen molar-refractivity contribution in [1.29, 1.82) is 0 Å². The van der Waals surface area contributed by atoms with Crippen molar-refractivity contribution in [3.8, 4) is 28.4 Å². The third kappa shape index (κ3) is 3.38. The van der Waals surface area contributed by atoms with Gasteiger partial charge in [-0.2, -0.15) is 0 Å². The lowest BCUT2D eigenvalue weighted by Gasteiger charge is -2.07. The van der Waals surface area contributed by atoms with Crippen LogP contribution in [0.2, 0.25) is 0 Å². The molecular formula is C18H14O2S. The van der Waals surface area contributed by atoms with Gasteiger partial charge in [0.25, 0.3) is 0 Å². The molecule has 0 bridgehead atoms. The molecule has 3 rings (SSSR count). The number of aromatic hydroxyl groups is 1. The lowest BCUT2D eigenvalue weighted by atomic mass is 10.1. The van der Waals surface area contributed by atoms with Crippen molar-refractivity contribution in [2.45, 2.75) is 4.90 Å². The van der Waals surface area contributed by atoms with Gasteiger partial charge in [0.15, 0.2) is 0 Å². The zero-order valence-electron chi connectivity index (χ0n) is 11.2. The molecule has 0 spiro atoms. The number of phenols is 1. The normalized spacial score (nSPS) is 10.3. The summed E-state index contributed by atoms with van der Waals surface area (Å²) in [6, 6.07) is 22.5. The number of thiol groups is 1. The van der Waals surface area contributed by atoms with E-state index < -0.39 is 0 Å². The van der Waals surface area contributed by atoms with Crippen LogP contribution in [0.3, 0.4) is 0 Å². The second-order valence-electron chi connectivity index (χ2n) is 4.67. The zero-order valence-corrected chi connectivity index (χ0v) is 12.1. The van der Waals surface area contributed by atoms with E-state index in [-0.39, 0.29) is 5.75 Å². The van der Waals surface area contributed by atoms with Crippen LogP contribution in [0, 0.1) is 0 Å². The Labute approximate surface area is 129 Å². The van der Waals surface area contributed by atoms with E-state index in [1.54, 1.807) is 12.1 Å². The summed E-state index contributed by atoms with van der Waals surface area (Å²) in [6.07, 6.45) is 0. The van der Waals surface area contributed by atoms with Crippen LogP contribution in [0.25, 0.3) is 11.1 Å². The molecule has 0 saturated carbocycles. The predicted octanol–water partition coefficient (Wildman–Crippen LogP) is 5.14. The standard InChI is InChI=1S/C18H14O2S/c19-15-5-1-13(2-6-15)14-3-7-16(8-4-14)20-17-9-11-18(21)12-10-17/h1-12,19,21H. The molecular weight excluding hydrogens is 280 g/mol. The fourth-order valence-corrected chi connectivity index (χ4v) is 2.17. The van der Waals surface area contributed by atoms with Crippen LogP contribution in [0.4, 0.5) is 0 Å². The SMILES string of the molecule is Oc1ccc(-c2ccc(Oc3ccc(S)cc3)cc2)cc1. The van der Waals surface area contributed by atoms with Crippen molar-refractivity contribution in [3.63, 3.8) is 0 Å². The highest BCUT2D eigenvalue weighted by Crippen LogP contribution is 2.27. The Balaban J connectivity index is 1.77. The molecule has 1 N–H and O–H groups in total. The van der Waals surface area contributed by atoms with Crippen LogP contribution in [0.15, 0.2) is 77.7 Å². The van der Waals surface area contributed by atoms with Gasteiger partial charge in [-0.1, -0.05) is 24.3 Å². The Bertz CT molecular complexity index is 717. The number of hydrogen-bond donors (Lipinski definition) is 2. The molecule has 3 aromatic carbocycles. The average Bonchev–Trinajstić information content (AvgIpc) is 2.51. The first-order valence-corrected chi connectivity index (χ1v) is 7.02. The Morgan fingerprint density at radius 2 is 1.05 bits per heavy atom. The Morgan fingerprint density at radius 3 is 1.57 bits per heavy atom. The van der Waals surface area contributed by atoms with Crippen LogP contribution in [0.5, 0.6) is 17.2 Å². The average molecular weight is 294 g/mol. The summed E-state index contributed by atoms with van der Waals surface area (Å²) in [5, 5.41) is 9.31. The summed E-state index contributed by atoms with van der Waals surface area (Å²) in [5.41, 5.74) is 2.13. The van der Waals surface area contributed by atoms with Crippen LogP contribution in [0.1, 0.15) is 0 Å². The molecule has 21 heavy (non-hydrogen) atoms. The number of phenolic OH excluding ortho intramolecular Hbond substituents is 1. The molecule has 104 valence electrons. The van der Waals surface area contributed by atoms with Gasteiger partial charge in [-0.3, -0.25) is 0 Å². The van der Waals surface area contributed by atoms with E-state index in [0.29, 0.717) is 0 Å². The van der Waals surface area contributed by atoms with Crippen LogP contribution in [-0.2, 0) is 0 Å². The molecule has 3 aromatic rings. The highest BCUT2D eigenvalue weighted by atomic mass is 32.1. The van der Waals surface area contributed by atoms with Gasteiger partial charge in [0.2, 0.25) is 0 Å². The van der Waals surface area contributed by atoms with E-state index >= 15 is 0 Å². The lowest BCUT2D eigenvalue weighted by Crippen LogP contribution is -1.84. The number of hydrogen-bond acceptors (Lipinski definition) is 3. The van der Waals surface area contributed by atoms with Gasteiger partial charge >= 0.3 is 0 Å². The maximum absolute atomic E-state index is 9.31. The van der Waals surface area contributed by atoms with Crippen LogP contribution < -0.4 is 4.74 Å². The topological polar surface area (TPSA) is 29.5 Å². The highest BCUT2D eigenvalue weighted by Gasteiger charge is 2.00. The lowest BCUT2D eigenvalue weighted by molar-refractivity contribution is 0.475. The first-order chi connectivity index (χ1) is 10.2. The molecule has 0 unspecified atom stereocenters. The minimum atomic E-state index is 0.270. The molecule has 0 radical (unpaired) electrons. The van der Waals surface area contributed by atoms with Crippen molar-refractivity contribution in [1.82, 2.24) is 0 Å². The van der Waals surface area contributed by atoms with E-state index in [1.807, 2.05) is 60.7 Å². The minimum Gasteiger partial charge on any atom is -0.508 e. The highest BCUT2D eigenvalue weighted by molar-refractivity contribution is 7.80. The molecule has 0 heterocycles. The van der Waals surface area contributed by atoms with Crippen molar-refractivity contribution in [2.24, 2.45) is 0 Å². The summed E-state index contributed by atoms with van der Waals surface area (Å²) in [5.74, 6) is 1.83. The van der Waals surface area contributed by atoms with Crippen LogP contribution in [-0.4, -0.2) is 5.11 Å². The maximum atomic E-state index is 9.31. The number of rotatable bonds is 3. The third-order valence-corrected chi connectivity index (χ3v) is 3.43. The molecule has 0 aliphatic rings. The van der Waals surface area contributed by atoms with Crippen LogP contribution >= 0.6 is 12.6 Å². The van der Waals surface area contributed by atoms with Gasteiger partial charge in [-0.15, -0.1) is 12.6 Å². The molecule has 3 heteroatoms. The second kappa shape index (κ2) is 5.94. The molecule has 2 nitrogen and oxygen atoms in total. The summed E-state index contributed by atoms with van der Waals surface area (Å²) in [6.45, 7) is 0. The van der Waals surface area contributed by atoms with E-state index in [2.05, 4.69) is 12.6 Å². The first kappa shape index (κ1) is 13.6. The number of benzene rings is 3. The number of ether oxygens (including phenoxy) is 1. The summed E-state index contributed by atoms with van der Waals surface area (Å²) in [7, 11) is 0. The third-order valence-electron chi connectivity index (χ3n) is 3.13. The Hall–Kier alpha value is -2.39. The molecule has 0 amide bonds. The van der Waals surface area contributed by atoms with E-state index in [0.717, 1.165) is 27.5 Å². The van der Waals surface area contributed by atoms with E-state index in [4.69, 9.17) is 4.74 Å². The molecule has 0 aliphatic carbocycles. The first-order valence-electron chi connectivity index (χ1n) is 6.57. The fraction of sp³-hybridized carbons (Fsp3) is 0.